The number of rotatable bonds is 8. The van der Waals surface area contributed by atoms with E-state index in [1.54, 1.807) is 36.4 Å². The molecule has 170 valence electrons. The van der Waals surface area contributed by atoms with Crippen LogP contribution in [0, 0.1) is 0 Å². The maximum absolute atomic E-state index is 12.7. The lowest BCUT2D eigenvalue weighted by atomic mass is 10.2. The van der Waals surface area contributed by atoms with Crippen LogP contribution in [-0.4, -0.2) is 23.9 Å². The highest BCUT2D eigenvalue weighted by Crippen LogP contribution is 2.25. The minimum absolute atomic E-state index is 0.109. The normalized spacial score (nSPS) is 11.4. The number of hydrogen-bond donors (Lipinski definition) is 2. The number of benzene rings is 3. The lowest BCUT2D eigenvalue weighted by Crippen LogP contribution is -2.30. The van der Waals surface area contributed by atoms with Gasteiger partial charge in [-0.2, -0.15) is 0 Å². The Morgan fingerprint density at radius 2 is 1.70 bits per heavy atom. The fraction of sp³-hybridized carbons (Fsp3) is 0.125. The van der Waals surface area contributed by atoms with Gasteiger partial charge in [-0.05, 0) is 55.5 Å². The van der Waals surface area contributed by atoms with Crippen molar-refractivity contribution in [2.45, 2.75) is 19.6 Å². The van der Waals surface area contributed by atoms with Crippen LogP contribution in [0.1, 0.15) is 33.2 Å². The molecular formula is C24H20Cl2N2O5. The third-order valence-electron chi connectivity index (χ3n) is 4.60. The molecule has 9 heteroatoms. The summed E-state index contributed by atoms with van der Waals surface area (Å²) in [6, 6.07) is 17.6. The maximum Gasteiger partial charge on any atom is 0.342 e. The van der Waals surface area contributed by atoms with Crippen molar-refractivity contribution in [1.29, 1.82) is 0 Å². The third kappa shape index (κ3) is 6.47. The summed E-state index contributed by atoms with van der Waals surface area (Å²) in [6.07, 6.45) is -1.09. The van der Waals surface area contributed by atoms with Crippen molar-refractivity contribution in [3.05, 3.63) is 93.5 Å². The van der Waals surface area contributed by atoms with E-state index in [1.807, 2.05) is 0 Å². The number of primary amides is 1. The molecule has 0 spiro atoms. The summed E-state index contributed by atoms with van der Waals surface area (Å²) >= 11 is 12.1. The van der Waals surface area contributed by atoms with Gasteiger partial charge in [0.25, 0.3) is 5.91 Å². The van der Waals surface area contributed by atoms with Crippen LogP contribution in [-0.2, 0) is 16.1 Å². The lowest BCUT2D eigenvalue weighted by Gasteiger charge is -2.16. The van der Waals surface area contributed by atoms with Crippen LogP contribution in [0.5, 0.6) is 5.75 Å². The SMILES string of the molecule is CC(OC(=O)c1ccccc1OCc1ccc(Cl)cc1Cl)C(=O)Nc1ccc(C(N)=O)cc1. The zero-order chi connectivity index (χ0) is 24.0. The first-order valence-electron chi connectivity index (χ1n) is 9.82. The molecule has 0 saturated heterocycles. The fourth-order valence-corrected chi connectivity index (χ4v) is 3.26. The maximum atomic E-state index is 12.7. The number of para-hydroxylation sites is 1. The van der Waals surface area contributed by atoms with E-state index in [-0.39, 0.29) is 17.9 Å². The molecule has 0 bridgehead atoms. The van der Waals surface area contributed by atoms with Gasteiger partial charge in [0, 0.05) is 26.9 Å². The first-order valence-corrected chi connectivity index (χ1v) is 10.6. The summed E-state index contributed by atoms with van der Waals surface area (Å²) in [5, 5.41) is 3.56. The van der Waals surface area contributed by atoms with Crippen LogP contribution in [0.4, 0.5) is 5.69 Å². The number of anilines is 1. The van der Waals surface area contributed by atoms with Crippen LogP contribution in [0.3, 0.4) is 0 Å². The largest absolute Gasteiger partial charge is 0.488 e. The molecule has 0 radical (unpaired) electrons. The van der Waals surface area contributed by atoms with Gasteiger partial charge in [-0.15, -0.1) is 0 Å². The molecule has 0 aliphatic heterocycles. The Hall–Kier alpha value is -3.55. The van der Waals surface area contributed by atoms with Gasteiger partial charge in [-0.25, -0.2) is 4.79 Å². The number of esters is 1. The number of nitrogens with one attached hydrogen (secondary N) is 1. The number of halogens is 2. The molecule has 0 saturated carbocycles. The Kier molecular flexibility index (Phi) is 7.92. The van der Waals surface area contributed by atoms with E-state index in [1.165, 1.54) is 37.3 Å². The van der Waals surface area contributed by atoms with Gasteiger partial charge in [0.05, 0.1) is 0 Å². The summed E-state index contributed by atoms with van der Waals surface area (Å²) in [7, 11) is 0. The summed E-state index contributed by atoms with van der Waals surface area (Å²) in [6.45, 7) is 1.56. The fourth-order valence-electron chi connectivity index (χ4n) is 2.79. The Morgan fingerprint density at radius 3 is 2.36 bits per heavy atom. The Balaban J connectivity index is 1.63. The number of nitrogens with two attached hydrogens (primary N) is 1. The van der Waals surface area contributed by atoms with Crippen LogP contribution in [0.2, 0.25) is 10.0 Å². The van der Waals surface area contributed by atoms with E-state index in [9.17, 15) is 14.4 Å². The number of carbonyl (C=O) groups excluding carboxylic acids is 3. The van der Waals surface area contributed by atoms with E-state index in [0.29, 0.717) is 26.9 Å². The molecule has 0 fully saturated rings. The van der Waals surface area contributed by atoms with Gasteiger partial charge in [-0.1, -0.05) is 41.4 Å². The van der Waals surface area contributed by atoms with E-state index in [4.69, 9.17) is 38.4 Å². The second-order valence-corrected chi connectivity index (χ2v) is 7.84. The van der Waals surface area contributed by atoms with Crippen molar-refractivity contribution in [2.24, 2.45) is 5.73 Å². The highest BCUT2D eigenvalue weighted by atomic mass is 35.5. The molecule has 0 aliphatic carbocycles. The van der Waals surface area contributed by atoms with Gasteiger partial charge in [-0.3, -0.25) is 9.59 Å². The number of ether oxygens (including phenoxy) is 2. The Bertz CT molecular complexity index is 1180. The second kappa shape index (κ2) is 10.8. The molecular weight excluding hydrogens is 467 g/mol. The topological polar surface area (TPSA) is 108 Å². The highest BCUT2D eigenvalue weighted by Gasteiger charge is 2.22. The smallest absolute Gasteiger partial charge is 0.342 e. The molecule has 33 heavy (non-hydrogen) atoms. The number of hydrogen-bond acceptors (Lipinski definition) is 5. The zero-order valence-corrected chi connectivity index (χ0v) is 19.0. The van der Waals surface area contributed by atoms with Gasteiger partial charge in [0.15, 0.2) is 6.10 Å². The molecule has 2 amide bonds. The predicted octanol–water partition coefficient (Wildman–Crippen LogP) is 4.86. The first kappa shape index (κ1) is 24.1. The summed E-state index contributed by atoms with van der Waals surface area (Å²) in [4.78, 5) is 36.3. The molecule has 7 nitrogen and oxygen atoms in total. The van der Waals surface area contributed by atoms with Gasteiger partial charge in [0.1, 0.15) is 17.9 Å². The minimum atomic E-state index is -1.09. The van der Waals surface area contributed by atoms with Gasteiger partial charge < -0.3 is 20.5 Å². The number of amides is 2. The molecule has 3 aromatic carbocycles. The molecule has 0 aromatic heterocycles. The first-order chi connectivity index (χ1) is 15.7. The Labute approximate surface area is 200 Å². The molecule has 1 atom stereocenters. The average Bonchev–Trinajstić information content (AvgIpc) is 2.79. The summed E-state index contributed by atoms with van der Waals surface area (Å²) < 4.78 is 11.1. The van der Waals surface area contributed by atoms with E-state index >= 15 is 0 Å². The van der Waals surface area contributed by atoms with E-state index < -0.39 is 23.9 Å². The van der Waals surface area contributed by atoms with Crippen molar-refractivity contribution >= 4 is 46.7 Å². The van der Waals surface area contributed by atoms with E-state index in [2.05, 4.69) is 5.32 Å². The van der Waals surface area contributed by atoms with Crippen LogP contribution < -0.4 is 15.8 Å². The van der Waals surface area contributed by atoms with Crippen molar-refractivity contribution in [3.63, 3.8) is 0 Å². The summed E-state index contributed by atoms with van der Waals surface area (Å²) in [5.74, 6) is -1.56. The minimum Gasteiger partial charge on any atom is -0.488 e. The second-order valence-electron chi connectivity index (χ2n) is 7.00. The van der Waals surface area contributed by atoms with Crippen molar-refractivity contribution in [1.82, 2.24) is 0 Å². The quantitative estimate of drug-likeness (QED) is 0.442. The van der Waals surface area contributed by atoms with Gasteiger partial charge >= 0.3 is 5.97 Å². The molecule has 1 unspecified atom stereocenters. The monoisotopic (exact) mass is 486 g/mol. The molecule has 3 N–H and O–H groups in total. The molecule has 3 aromatic rings. The van der Waals surface area contributed by atoms with Crippen molar-refractivity contribution < 1.29 is 23.9 Å². The zero-order valence-electron chi connectivity index (χ0n) is 17.5. The van der Waals surface area contributed by atoms with E-state index in [0.717, 1.165) is 0 Å². The average molecular weight is 487 g/mol. The standard InChI is InChI=1S/C24H20Cl2N2O5/c1-14(23(30)28-18-10-7-15(8-11-18)22(27)29)33-24(31)19-4-2-3-5-21(19)32-13-16-6-9-17(25)12-20(16)26/h2-12,14H,13H2,1H3,(H2,27,29)(H,28,30). The molecule has 3 rings (SSSR count). The lowest BCUT2D eigenvalue weighted by molar-refractivity contribution is -0.123. The molecule has 0 heterocycles. The van der Waals surface area contributed by atoms with Crippen LogP contribution >= 0.6 is 23.2 Å². The van der Waals surface area contributed by atoms with Crippen molar-refractivity contribution in [3.8, 4) is 5.75 Å². The van der Waals surface area contributed by atoms with Crippen LogP contribution in [0.25, 0.3) is 0 Å². The molecule has 0 aliphatic rings. The third-order valence-corrected chi connectivity index (χ3v) is 5.18. The summed E-state index contributed by atoms with van der Waals surface area (Å²) in [5.41, 5.74) is 6.79. The Morgan fingerprint density at radius 1 is 1.00 bits per heavy atom. The van der Waals surface area contributed by atoms with Gasteiger partial charge in [0.2, 0.25) is 5.91 Å². The predicted molar refractivity (Wildman–Crippen MR) is 126 cm³/mol. The van der Waals surface area contributed by atoms with Crippen molar-refractivity contribution in [2.75, 3.05) is 5.32 Å². The van der Waals surface area contributed by atoms with Crippen LogP contribution in [0.15, 0.2) is 66.7 Å². The highest BCUT2D eigenvalue weighted by molar-refractivity contribution is 6.35. The number of carbonyl (C=O) groups is 3.